The highest BCUT2D eigenvalue weighted by Gasteiger charge is 2.19. The Labute approximate surface area is 83.7 Å². The number of aldehydes is 1. The zero-order chi connectivity index (χ0) is 9.19. The summed E-state index contributed by atoms with van der Waals surface area (Å²) in [6.07, 6.45) is 3.95. The lowest BCUT2D eigenvalue weighted by atomic mass is 10.1. The third-order valence-corrected chi connectivity index (χ3v) is 1.89. The average Bonchev–Trinajstić information content (AvgIpc) is 2.35. The van der Waals surface area contributed by atoms with Crippen molar-refractivity contribution in [2.45, 2.75) is 19.1 Å². The molecule has 0 saturated heterocycles. The predicted octanol–water partition coefficient (Wildman–Crippen LogP) is 0.438. The highest BCUT2D eigenvalue weighted by molar-refractivity contribution is 14.1. The van der Waals surface area contributed by atoms with Crippen LogP contribution in [-0.2, 0) is 11.3 Å². The Morgan fingerprint density at radius 2 is 2.58 bits per heavy atom. The zero-order valence-corrected chi connectivity index (χ0v) is 8.72. The van der Waals surface area contributed by atoms with Crippen LogP contribution in [0.15, 0.2) is 12.4 Å². The topological polar surface area (TPSA) is 55.1 Å². The number of carbonyl (C=O) groups is 1. The monoisotopic (exact) mass is 280 g/mol. The molecule has 0 fully saturated rings. The first kappa shape index (κ1) is 9.66. The Morgan fingerprint density at radius 3 is 3.00 bits per heavy atom. The van der Waals surface area contributed by atoms with Gasteiger partial charge in [-0.05, 0) is 29.5 Å². The zero-order valence-electron chi connectivity index (χ0n) is 6.57. The van der Waals surface area contributed by atoms with Gasteiger partial charge < -0.3 is 9.90 Å². The van der Waals surface area contributed by atoms with E-state index in [9.17, 15) is 9.90 Å². The van der Waals surface area contributed by atoms with E-state index in [2.05, 4.69) is 27.7 Å². The van der Waals surface area contributed by atoms with Gasteiger partial charge in [-0.2, -0.15) is 5.10 Å². The molecule has 12 heavy (non-hydrogen) atoms. The van der Waals surface area contributed by atoms with Crippen LogP contribution in [0.4, 0.5) is 0 Å². The van der Waals surface area contributed by atoms with Crippen molar-refractivity contribution in [2.75, 3.05) is 0 Å². The smallest absolute Gasteiger partial charge is 0.153 e. The van der Waals surface area contributed by atoms with Gasteiger partial charge >= 0.3 is 0 Å². The number of hydrogen-bond acceptors (Lipinski definition) is 3. The maximum absolute atomic E-state index is 10.3. The molecule has 0 radical (unpaired) electrons. The van der Waals surface area contributed by atoms with E-state index < -0.39 is 5.60 Å². The first-order valence-electron chi connectivity index (χ1n) is 3.40. The standard InChI is InChI=1S/C7H9IN2O2/c1-7(12,5-11)4-10-3-6(8)2-9-10/h2-3,5,12H,4H2,1H3/t7-/m0/s1. The number of nitrogens with zero attached hydrogens (tertiary/aromatic N) is 2. The number of aliphatic hydroxyl groups is 1. The average molecular weight is 280 g/mol. The highest BCUT2D eigenvalue weighted by Crippen LogP contribution is 2.06. The lowest BCUT2D eigenvalue weighted by Crippen LogP contribution is -2.32. The fourth-order valence-electron chi connectivity index (χ4n) is 0.790. The summed E-state index contributed by atoms with van der Waals surface area (Å²) in [4.78, 5) is 10.3. The van der Waals surface area contributed by atoms with Gasteiger partial charge in [-0.3, -0.25) is 4.68 Å². The van der Waals surface area contributed by atoms with Crippen LogP contribution in [0.25, 0.3) is 0 Å². The molecule has 0 unspecified atom stereocenters. The molecule has 0 aliphatic heterocycles. The van der Waals surface area contributed by atoms with Gasteiger partial charge in [-0.25, -0.2) is 0 Å². The van der Waals surface area contributed by atoms with Crippen LogP contribution < -0.4 is 0 Å². The summed E-state index contributed by atoms with van der Waals surface area (Å²) in [5.41, 5.74) is -1.32. The molecule has 0 amide bonds. The molecule has 1 aromatic rings. The summed E-state index contributed by atoms with van der Waals surface area (Å²) in [5, 5.41) is 13.3. The molecule has 0 bridgehead atoms. The molecule has 5 heteroatoms. The number of halogens is 1. The van der Waals surface area contributed by atoms with Crippen LogP contribution in [0.1, 0.15) is 6.92 Å². The van der Waals surface area contributed by atoms with Crippen LogP contribution >= 0.6 is 22.6 Å². The van der Waals surface area contributed by atoms with Gasteiger partial charge in [0.15, 0.2) is 6.29 Å². The fourth-order valence-corrected chi connectivity index (χ4v) is 1.24. The second-order valence-corrected chi connectivity index (χ2v) is 4.08. The summed E-state index contributed by atoms with van der Waals surface area (Å²) < 4.78 is 2.52. The van der Waals surface area contributed by atoms with E-state index in [0.29, 0.717) is 6.29 Å². The second-order valence-electron chi connectivity index (χ2n) is 2.83. The van der Waals surface area contributed by atoms with Crippen molar-refractivity contribution in [1.29, 1.82) is 0 Å². The predicted molar refractivity (Wildman–Crippen MR) is 51.6 cm³/mol. The first-order valence-corrected chi connectivity index (χ1v) is 4.48. The lowest BCUT2D eigenvalue weighted by molar-refractivity contribution is -0.123. The molecule has 0 saturated carbocycles. The maximum atomic E-state index is 10.3. The van der Waals surface area contributed by atoms with Crippen molar-refractivity contribution in [1.82, 2.24) is 9.78 Å². The van der Waals surface area contributed by atoms with Crippen LogP contribution in [0.5, 0.6) is 0 Å². The van der Waals surface area contributed by atoms with Gasteiger partial charge in [-0.1, -0.05) is 0 Å². The van der Waals surface area contributed by atoms with Crippen molar-refractivity contribution in [3.8, 4) is 0 Å². The molecule has 4 nitrogen and oxygen atoms in total. The van der Waals surface area contributed by atoms with E-state index >= 15 is 0 Å². The van der Waals surface area contributed by atoms with E-state index in [4.69, 9.17) is 0 Å². The molecule has 1 rings (SSSR count). The molecule has 1 heterocycles. The second kappa shape index (κ2) is 3.53. The molecule has 0 aromatic carbocycles. The van der Waals surface area contributed by atoms with Gasteiger partial charge in [0.2, 0.25) is 0 Å². The molecular weight excluding hydrogens is 271 g/mol. The minimum atomic E-state index is -1.32. The Kier molecular flexibility index (Phi) is 2.84. The summed E-state index contributed by atoms with van der Waals surface area (Å²) in [5.74, 6) is 0. The first-order chi connectivity index (χ1) is 5.53. The van der Waals surface area contributed by atoms with Crippen LogP contribution in [0.2, 0.25) is 0 Å². The largest absolute Gasteiger partial charge is 0.381 e. The van der Waals surface area contributed by atoms with Crippen molar-refractivity contribution in [3.63, 3.8) is 0 Å². The van der Waals surface area contributed by atoms with E-state index in [-0.39, 0.29) is 6.54 Å². The molecule has 0 aliphatic carbocycles. The lowest BCUT2D eigenvalue weighted by Gasteiger charge is -2.14. The van der Waals surface area contributed by atoms with Crippen molar-refractivity contribution in [3.05, 3.63) is 16.0 Å². The van der Waals surface area contributed by atoms with Gasteiger partial charge in [0.05, 0.1) is 16.3 Å². The van der Waals surface area contributed by atoms with Crippen molar-refractivity contribution >= 4 is 28.9 Å². The van der Waals surface area contributed by atoms with E-state index in [1.807, 2.05) is 0 Å². The number of hydrogen-bond donors (Lipinski definition) is 1. The summed E-state index contributed by atoms with van der Waals surface area (Å²) in [6, 6.07) is 0. The minimum Gasteiger partial charge on any atom is -0.381 e. The molecule has 0 spiro atoms. The summed E-state index contributed by atoms with van der Waals surface area (Å²) in [7, 11) is 0. The summed E-state index contributed by atoms with van der Waals surface area (Å²) >= 11 is 2.11. The summed E-state index contributed by atoms with van der Waals surface area (Å²) in [6.45, 7) is 1.65. The van der Waals surface area contributed by atoms with Crippen LogP contribution in [0, 0.1) is 3.57 Å². The molecule has 0 aliphatic rings. The molecule has 1 N–H and O–H groups in total. The fraction of sp³-hybridized carbons (Fsp3) is 0.429. The number of carbonyl (C=O) groups excluding carboxylic acids is 1. The van der Waals surface area contributed by atoms with Gasteiger partial charge in [0, 0.05) is 6.20 Å². The van der Waals surface area contributed by atoms with Crippen LogP contribution in [-0.4, -0.2) is 26.8 Å². The molecular formula is C7H9IN2O2. The van der Waals surface area contributed by atoms with E-state index in [1.165, 1.54) is 11.6 Å². The van der Waals surface area contributed by atoms with Gasteiger partial charge in [-0.15, -0.1) is 0 Å². The SMILES string of the molecule is C[C@@](O)(C=O)Cn1cc(I)cn1. The maximum Gasteiger partial charge on any atom is 0.153 e. The van der Waals surface area contributed by atoms with Crippen molar-refractivity contribution < 1.29 is 9.90 Å². The Hall–Kier alpha value is -0.430. The molecule has 66 valence electrons. The van der Waals surface area contributed by atoms with E-state index in [0.717, 1.165) is 3.57 Å². The van der Waals surface area contributed by atoms with E-state index in [1.54, 1.807) is 12.4 Å². The quantitative estimate of drug-likeness (QED) is 0.645. The van der Waals surface area contributed by atoms with Gasteiger partial charge in [0.25, 0.3) is 0 Å². The Bertz CT molecular complexity index is 283. The molecule has 1 aromatic heterocycles. The Morgan fingerprint density at radius 1 is 1.92 bits per heavy atom. The third-order valence-electron chi connectivity index (χ3n) is 1.34. The third kappa shape index (κ3) is 2.56. The Balaban J connectivity index is 2.69. The van der Waals surface area contributed by atoms with Crippen molar-refractivity contribution in [2.24, 2.45) is 0 Å². The number of aromatic nitrogens is 2. The number of rotatable bonds is 3. The van der Waals surface area contributed by atoms with Crippen LogP contribution in [0.3, 0.4) is 0 Å². The highest BCUT2D eigenvalue weighted by atomic mass is 127. The molecule has 1 atom stereocenters. The van der Waals surface area contributed by atoms with Gasteiger partial charge in [0.1, 0.15) is 5.60 Å². The minimum absolute atomic E-state index is 0.194. The normalized spacial score (nSPS) is 15.6.